The van der Waals surface area contributed by atoms with Crippen molar-refractivity contribution in [1.29, 1.82) is 0 Å². The lowest BCUT2D eigenvalue weighted by atomic mass is 9.98. The quantitative estimate of drug-likeness (QED) is 0.233. The Kier molecular flexibility index (Phi) is 9.13. The van der Waals surface area contributed by atoms with E-state index in [4.69, 9.17) is 28.9 Å². The summed E-state index contributed by atoms with van der Waals surface area (Å²) in [6.45, 7) is 2.63. The second-order valence-corrected chi connectivity index (χ2v) is 11.4. The number of fused-ring (bicyclic) bond motifs is 1. The molecule has 0 spiro atoms. The van der Waals surface area contributed by atoms with E-state index in [2.05, 4.69) is 65.6 Å². The molecular formula is C33H34Cl2N4O2. The molecule has 1 aliphatic rings. The number of likely N-dealkylation sites (N-methyl/N-ethyl adjacent to an activating group) is 1. The van der Waals surface area contributed by atoms with Gasteiger partial charge in [0.2, 0.25) is 11.8 Å². The van der Waals surface area contributed by atoms with Crippen molar-refractivity contribution in [2.75, 3.05) is 44.7 Å². The number of nitrogens with two attached hydrogens (primary N) is 1. The van der Waals surface area contributed by atoms with Crippen LogP contribution in [0.2, 0.25) is 10.0 Å². The maximum Gasteiger partial charge on any atom is 0.242 e. The van der Waals surface area contributed by atoms with E-state index in [1.807, 2.05) is 13.1 Å². The lowest BCUT2D eigenvalue weighted by Crippen LogP contribution is -2.45. The molecule has 8 heteroatoms. The summed E-state index contributed by atoms with van der Waals surface area (Å²) in [4.78, 5) is 31.4. The molecule has 2 N–H and O–H groups in total. The molecule has 1 atom stereocenters. The fourth-order valence-corrected chi connectivity index (χ4v) is 5.78. The number of carbonyl (C=O) groups is 2. The van der Waals surface area contributed by atoms with Gasteiger partial charge in [0.25, 0.3) is 0 Å². The van der Waals surface area contributed by atoms with E-state index < -0.39 is 5.91 Å². The molecule has 2 amide bonds. The van der Waals surface area contributed by atoms with Gasteiger partial charge in [0.15, 0.2) is 0 Å². The fraction of sp³-hybridized carbons (Fsp3) is 0.273. The van der Waals surface area contributed by atoms with E-state index in [1.165, 1.54) is 10.8 Å². The smallest absolute Gasteiger partial charge is 0.242 e. The van der Waals surface area contributed by atoms with Crippen molar-refractivity contribution >= 4 is 51.5 Å². The van der Waals surface area contributed by atoms with E-state index in [1.54, 1.807) is 28.0 Å². The van der Waals surface area contributed by atoms with E-state index >= 15 is 0 Å². The molecule has 0 saturated carbocycles. The van der Waals surface area contributed by atoms with Crippen LogP contribution < -0.4 is 10.6 Å². The van der Waals surface area contributed by atoms with Gasteiger partial charge in [-0.15, -0.1) is 0 Å². The minimum atomic E-state index is -0.538. The van der Waals surface area contributed by atoms with Gasteiger partial charge in [-0.3, -0.25) is 9.59 Å². The van der Waals surface area contributed by atoms with Crippen LogP contribution in [0.1, 0.15) is 24.4 Å². The summed E-state index contributed by atoms with van der Waals surface area (Å²) in [6.07, 6.45) is 2.32. The number of primary amides is 1. The molecule has 1 fully saturated rings. The summed E-state index contributed by atoms with van der Waals surface area (Å²) in [6, 6.07) is 28.2. The van der Waals surface area contributed by atoms with E-state index in [0.717, 1.165) is 49.2 Å². The highest BCUT2D eigenvalue weighted by Gasteiger charge is 2.27. The SMILES string of the molecule is CN(C(=O)CN(CC(N)=O)c1ccc(Cl)c(Cl)c1)[C@@H](CN1CCCC1)c1ccc(-c2ccc3ccccc3c2)cc1. The molecule has 4 aromatic carbocycles. The van der Waals surface area contributed by atoms with Crippen LogP contribution in [0.5, 0.6) is 0 Å². The largest absolute Gasteiger partial charge is 0.368 e. The molecule has 0 unspecified atom stereocenters. The van der Waals surface area contributed by atoms with Crippen molar-refractivity contribution in [2.45, 2.75) is 18.9 Å². The lowest BCUT2D eigenvalue weighted by molar-refractivity contribution is -0.131. The molecular weight excluding hydrogens is 555 g/mol. The Balaban J connectivity index is 1.39. The van der Waals surface area contributed by atoms with Crippen LogP contribution in [-0.2, 0) is 9.59 Å². The zero-order chi connectivity index (χ0) is 28.9. The summed E-state index contributed by atoms with van der Waals surface area (Å²) in [5.74, 6) is -0.662. The number of hydrogen-bond acceptors (Lipinski definition) is 4. The molecule has 41 heavy (non-hydrogen) atoms. The van der Waals surface area contributed by atoms with Gasteiger partial charge in [-0.05, 0) is 77.7 Å². The number of rotatable bonds is 10. The van der Waals surface area contributed by atoms with Crippen LogP contribution in [0.15, 0.2) is 84.9 Å². The first-order valence-corrected chi connectivity index (χ1v) is 14.6. The molecule has 0 radical (unpaired) electrons. The van der Waals surface area contributed by atoms with Crippen molar-refractivity contribution in [1.82, 2.24) is 9.80 Å². The fourth-order valence-electron chi connectivity index (χ4n) is 5.48. The molecule has 5 rings (SSSR count). The predicted molar refractivity (Wildman–Crippen MR) is 168 cm³/mol. The van der Waals surface area contributed by atoms with Crippen molar-refractivity contribution in [3.8, 4) is 11.1 Å². The van der Waals surface area contributed by atoms with E-state index in [-0.39, 0.29) is 25.0 Å². The Labute approximate surface area is 251 Å². The molecule has 1 heterocycles. The highest BCUT2D eigenvalue weighted by Crippen LogP contribution is 2.30. The van der Waals surface area contributed by atoms with Gasteiger partial charge in [0.1, 0.15) is 0 Å². The monoisotopic (exact) mass is 588 g/mol. The number of hydrogen-bond donors (Lipinski definition) is 1. The normalized spacial score (nSPS) is 14.2. The Morgan fingerprint density at radius 2 is 1.51 bits per heavy atom. The summed E-state index contributed by atoms with van der Waals surface area (Å²) >= 11 is 12.3. The standard InChI is InChI=1S/C33H34Cl2N4O2/c1-37(33(41)22-39(21-32(36)40)28-14-15-29(34)30(35)19-28)31(20-38-16-4-5-17-38)25-11-8-24(9-12-25)27-13-10-23-6-2-3-7-26(23)18-27/h2-3,6-15,18-19,31H,4-5,16-17,20-22H2,1H3,(H2,36,40)/t31-/m0/s1. The summed E-state index contributed by atoms with van der Waals surface area (Å²) in [5.41, 5.74) is 9.48. The predicted octanol–water partition coefficient (Wildman–Crippen LogP) is 6.40. The van der Waals surface area contributed by atoms with Crippen LogP contribution in [0.4, 0.5) is 5.69 Å². The third-order valence-electron chi connectivity index (χ3n) is 7.81. The third kappa shape index (κ3) is 7.02. The highest BCUT2D eigenvalue weighted by atomic mass is 35.5. The van der Waals surface area contributed by atoms with E-state index in [0.29, 0.717) is 15.7 Å². The van der Waals surface area contributed by atoms with Gasteiger partial charge in [-0.2, -0.15) is 0 Å². The van der Waals surface area contributed by atoms with Crippen LogP contribution >= 0.6 is 23.2 Å². The number of anilines is 1. The Morgan fingerprint density at radius 3 is 2.20 bits per heavy atom. The lowest BCUT2D eigenvalue weighted by Gasteiger charge is -2.34. The molecule has 212 valence electrons. The van der Waals surface area contributed by atoms with Gasteiger partial charge in [-0.25, -0.2) is 0 Å². The Bertz CT molecular complexity index is 1540. The third-order valence-corrected chi connectivity index (χ3v) is 8.55. The van der Waals surface area contributed by atoms with Gasteiger partial charge in [0.05, 0.1) is 29.2 Å². The second-order valence-electron chi connectivity index (χ2n) is 10.6. The maximum absolute atomic E-state index is 13.7. The van der Waals surface area contributed by atoms with Crippen LogP contribution in [-0.4, -0.2) is 61.4 Å². The molecule has 0 aliphatic carbocycles. The molecule has 1 saturated heterocycles. The van der Waals surface area contributed by atoms with Crippen LogP contribution in [0.3, 0.4) is 0 Å². The minimum Gasteiger partial charge on any atom is -0.368 e. The summed E-state index contributed by atoms with van der Waals surface area (Å²) in [7, 11) is 1.83. The van der Waals surface area contributed by atoms with Gasteiger partial charge in [0, 0.05) is 19.3 Å². The number of likely N-dealkylation sites (tertiary alicyclic amines) is 1. The Hall–Kier alpha value is -3.58. The molecule has 4 aromatic rings. The number of halogens is 2. The molecule has 0 bridgehead atoms. The number of nitrogens with zero attached hydrogens (tertiary/aromatic N) is 3. The highest BCUT2D eigenvalue weighted by molar-refractivity contribution is 6.42. The minimum absolute atomic E-state index is 0.0247. The van der Waals surface area contributed by atoms with Crippen molar-refractivity contribution in [3.05, 3.63) is 101 Å². The molecule has 0 aromatic heterocycles. The summed E-state index contributed by atoms with van der Waals surface area (Å²) in [5, 5.41) is 3.16. The van der Waals surface area contributed by atoms with Crippen LogP contribution in [0.25, 0.3) is 21.9 Å². The average Bonchev–Trinajstić information content (AvgIpc) is 3.50. The van der Waals surface area contributed by atoms with Crippen molar-refractivity contribution < 1.29 is 9.59 Å². The maximum atomic E-state index is 13.7. The first-order valence-electron chi connectivity index (χ1n) is 13.8. The zero-order valence-electron chi connectivity index (χ0n) is 23.1. The van der Waals surface area contributed by atoms with Crippen molar-refractivity contribution in [3.63, 3.8) is 0 Å². The van der Waals surface area contributed by atoms with Crippen molar-refractivity contribution in [2.24, 2.45) is 5.73 Å². The summed E-state index contributed by atoms with van der Waals surface area (Å²) < 4.78 is 0. The number of amides is 2. The zero-order valence-corrected chi connectivity index (χ0v) is 24.6. The van der Waals surface area contributed by atoms with Gasteiger partial charge < -0.3 is 20.4 Å². The molecule has 6 nitrogen and oxygen atoms in total. The van der Waals surface area contributed by atoms with Crippen LogP contribution in [0, 0.1) is 0 Å². The van der Waals surface area contributed by atoms with Gasteiger partial charge >= 0.3 is 0 Å². The first-order chi connectivity index (χ1) is 19.8. The topological polar surface area (TPSA) is 69.9 Å². The second kappa shape index (κ2) is 12.9. The first kappa shape index (κ1) is 28.9. The number of benzene rings is 4. The average molecular weight is 590 g/mol. The van der Waals surface area contributed by atoms with E-state index in [9.17, 15) is 9.59 Å². The number of carbonyl (C=O) groups excluding carboxylic acids is 2. The molecule has 1 aliphatic heterocycles. The van der Waals surface area contributed by atoms with Gasteiger partial charge in [-0.1, -0.05) is 83.9 Å². The Morgan fingerprint density at radius 1 is 0.829 bits per heavy atom.